The van der Waals surface area contributed by atoms with E-state index in [4.69, 9.17) is 9.26 Å². The van der Waals surface area contributed by atoms with Crippen molar-refractivity contribution in [2.75, 3.05) is 13.2 Å². The molecule has 18 heavy (non-hydrogen) atoms. The van der Waals surface area contributed by atoms with E-state index in [1.807, 2.05) is 20.8 Å². The van der Waals surface area contributed by atoms with Gasteiger partial charge in [-0.1, -0.05) is 12.1 Å². The first-order valence-corrected chi connectivity index (χ1v) is 6.48. The van der Waals surface area contributed by atoms with Crippen LogP contribution in [0.1, 0.15) is 51.4 Å². The summed E-state index contributed by atoms with van der Waals surface area (Å²) in [5, 5.41) is 16.6. The first-order valence-electron chi connectivity index (χ1n) is 6.48. The predicted molar refractivity (Wildman–Crippen MR) is 64.9 cm³/mol. The van der Waals surface area contributed by atoms with Crippen LogP contribution in [-0.2, 0) is 10.3 Å². The maximum Gasteiger partial charge on any atom is 0.243 e. The number of rotatable bonds is 5. The van der Waals surface area contributed by atoms with Crippen LogP contribution in [0, 0.1) is 0 Å². The zero-order valence-corrected chi connectivity index (χ0v) is 11.1. The number of β-amino-alcohol motifs (C(OH)–C–C–N with tert-alkyl or cyclic N) is 1. The largest absolute Gasteiger partial charge is 0.392 e. The average Bonchev–Trinajstić information content (AvgIpc) is 2.97. The number of ether oxygens (including phenoxy) is 1. The van der Waals surface area contributed by atoms with Crippen LogP contribution in [0.2, 0.25) is 0 Å². The first-order chi connectivity index (χ1) is 8.59. The Morgan fingerprint density at radius 2 is 2.33 bits per heavy atom. The van der Waals surface area contributed by atoms with E-state index in [-0.39, 0.29) is 12.1 Å². The molecule has 0 aliphatic carbocycles. The topological polar surface area (TPSA) is 80.4 Å². The summed E-state index contributed by atoms with van der Waals surface area (Å²) in [7, 11) is 0. The fraction of sp³-hybridized carbons (Fsp3) is 0.833. The second-order valence-corrected chi connectivity index (χ2v) is 4.82. The molecule has 1 saturated heterocycles. The number of hydrogen-bond acceptors (Lipinski definition) is 6. The highest BCUT2D eigenvalue weighted by atomic mass is 16.5. The van der Waals surface area contributed by atoms with Gasteiger partial charge in [0.1, 0.15) is 5.60 Å². The second kappa shape index (κ2) is 5.34. The summed E-state index contributed by atoms with van der Waals surface area (Å²) in [6.45, 7) is 7.11. The van der Waals surface area contributed by atoms with E-state index in [9.17, 15) is 5.11 Å². The fourth-order valence-corrected chi connectivity index (χ4v) is 2.14. The number of aliphatic hydroxyl groups is 1. The number of aromatic nitrogens is 2. The van der Waals surface area contributed by atoms with E-state index in [1.54, 1.807) is 0 Å². The maximum absolute atomic E-state index is 9.48. The van der Waals surface area contributed by atoms with Crippen molar-refractivity contribution in [3.8, 4) is 0 Å². The molecule has 3 atom stereocenters. The van der Waals surface area contributed by atoms with Gasteiger partial charge >= 0.3 is 0 Å². The van der Waals surface area contributed by atoms with Crippen LogP contribution >= 0.6 is 0 Å². The lowest BCUT2D eigenvalue weighted by Gasteiger charge is -2.23. The summed E-state index contributed by atoms with van der Waals surface area (Å²) in [5.74, 6) is 1.10. The molecule has 0 saturated carbocycles. The minimum atomic E-state index is -0.506. The Hall–Kier alpha value is -0.980. The highest BCUT2D eigenvalue weighted by molar-refractivity contribution is 5.03. The quantitative estimate of drug-likeness (QED) is 0.821. The van der Waals surface area contributed by atoms with Crippen LogP contribution in [0.25, 0.3) is 0 Å². The molecule has 6 heteroatoms. The zero-order valence-electron chi connectivity index (χ0n) is 11.1. The van der Waals surface area contributed by atoms with Crippen molar-refractivity contribution < 1.29 is 14.4 Å². The molecule has 2 N–H and O–H groups in total. The van der Waals surface area contributed by atoms with Crippen molar-refractivity contribution in [2.45, 2.75) is 51.4 Å². The number of aliphatic hydroxyl groups excluding tert-OH is 1. The normalized spacial score (nSPS) is 27.3. The third-order valence-corrected chi connectivity index (χ3v) is 3.46. The first kappa shape index (κ1) is 13.5. The molecule has 0 amide bonds. The van der Waals surface area contributed by atoms with Gasteiger partial charge in [-0.3, -0.25) is 0 Å². The van der Waals surface area contributed by atoms with Crippen molar-refractivity contribution in [1.29, 1.82) is 0 Å². The molecule has 2 heterocycles. The van der Waals surface area contributed by atoms with E-state index in [0.29, 0.717) is 31.3 Å². The summed E-state index contributed by atoms with van der Waals surface area (Å²) in [6, 6.07) is -0.0519. The molecule has 0 aromatic carbocycles. The van der Waals surface area contributed by atoms with Gasteiger partial charge in [-0.2, -0.15) is 4.98 Å². The molecule has 0 bridgehead atoms. The van der Waals surface area contributed by atoms with Crippen LogP contribution in [0.3, 0.4) is 0 Å². The molecule has 3 unspecified atom stereocenters. The summed E-state index contributed by atoms with van der Waals surface area (Å²) < 4.78 is 11.0. The third-order valence-electron chi connectivity index (χ3n) is 3.46. The van der Waals surface area contributed by atoms with Crippen LogP contribution in [-0.4, -0.2) is 34.5 Å². The van der Waals surface area contributed by atoms with Gasteiger partial charge < -0.3 is 19.7 Å². The summed E-state index contributed by atoms with van der Waals surface area (Å²) in [4.78, 5) is 4.41. The van der Waals surface area contributed by atoms with Gasteiger partial charge in [0.15, 0.2) is 0 Å². The Morgan fingerprint density at radius 1 is 1.56 bits per heavy atom. The van der Waals surface area contributed by atoms with Gasteiger partial charge in [0, 0.05) is 13.2 Å². The number of hydrogen-bond donors (Lipinski definition) is 2. The lowest BCUT2D eigenvalue weighted by molar-refractivity contribution is -0.0403. The van der Waals surface area contributed by atoms with Crippen LogP contribution in [0.4, 0.5) is 0 Å². The minimum absolute atomic E-state index is 0.0519. The van der Waals surface area contributed by atoms with E-state index >= 15 is 0 Å². The highest BCUT2D eigenvalue weighted by Crippen LogP contribution is 2.29. The minimum Gasteiger partial charge on any atom is -0.392 e. The number of nitrogens with one attached hydrogen (secondary N) is 1. The molecule has 0 spiro atoms. The van der Waals surface area contributed by atoms with Crippen LogP contribution in [0.15, 0.2) is 4.52 Å². The van der Waals surface area contributed by atoms with Gasteiger partial charge in [0.25, 0.3) is 0 Å². The molecule has 2 rings (SSSR count). The Kier molecular flexibility index (Phi) is 3.99. The van der Waals surface area contributed by atoms with Gasteiger partial charge in [-0.25, -0.2) is 0 Å². The summed E-state index contributed by atoms with van der Waals surface area (Å²) in [6.07, 6.45) is 1.05. The molecule has 0 radical (unpaired) electrons. The van der Waals surface area contributed by atoms with Gasteiger partial charge in [-0.05, 0) is 26.7 Å². The maximum atomic E-state index is 9.48. The molecular formula is C12H21N3O3. The average molecular weight is 255 g/mol. The highest BCUT2D eigenvalue weighted by Gasteiger charge is 2.34. The standard InChI is InChI=1S/C12H21N3O3/c1-4-12(3,17-5-2)11-14-10(18-15-11)9-6-8(16)7-13-9/h8-9,13,16H,4-7H2,1-3H3. The van der Waals surface area contributed by atoms with Gasteiger partial charge in [0.05, 0.1) is 12.1 Å². The third kappa shape index (κ3) is 2.55. The Labute approximate surface area is 107 Å². The monoisotopic (exact) mass is 255 g/mol. The Balaban J connectivity index is 2.14. The molecule has 1 aliphatic heterocycles. The molecule has 1 aromatic rings. The van der Waals surface area contributed by atoms with Gasteiger partial charge in [-0.15, -0.1) is 0 Å². The van der Waals surface area contributed by atoms with E-state index in [2.05, 4.69) is 15.5 Å². The Morgan fingerprint density at radius 3 is 2.89 bits per heavy atom. The molecule has 1 aliphatic rings. The van der Waals surface area contributed by atoms with Crippen LogP contribution in [0.5, 0.6) is 0 Å². The lowest BCUT2D eigenvalue weighted by atomic mass is 10.0. The second-order valence-electron chi connectivity index (χ2n) is 4.82. The van der Waals surface area contributed by atoms with Crippen molar-refractivity contribution in [3.05, 3.63) is 11.7 Å². The molecule has 1 fully saturated rings. The fourth-order valence-electron chi connectivity index (χ4n) is 2.14. The van der Waals surface area contributed by atoms with E-state index in [1.165, 1.54) is 0 Å². The lowest BCUT2D eigenvalue weighted by Crippen LogP contribution is -2.26. The number of nitrogens with zero attached hydrogens (tertiary/aromatic N) is 2. The van der Waals surface area contributed by atoms with Crippen LogP contribution < -0.4 is 5.32 Å². The molecule has 102 valence electrons. The van der Waals surface area contributed by atoms with Crippen molar-refractivity contribution in [1.82, 2.24) is 15.5 Å². The summed E-state index contributed by atoms with van der Waals surface area (Å²) >= 11 is 0. The SMILES string of the molecule is CCOC(C)(CC)c1noc(C2CC(O)CN2)n1. The summed E-state index contributed by atoms with van der Waals surface area (Å²) in [5.41, 5.74) is -0.506. The van der Waals surface area contributed by atoms with Gasteiger partial charge in [0.2, 0.25) is 11.7 Å². The molecule has 1 aromatic heterocycles. The molecule has 6 nitrogen and oxygen atoms in total. The smallest absolute Gasteiger partial charge is 0.243 e. The molecular weight excluding hydrogens is 234 g/mol. The Bertz CT molecular complexity index is 396. The van der Waals surface area contributed by atoms with E-state index in [0.717, 1.165) is 6.42 Å². The zero-order chi connectivity index (χ0) is 13.2. The van der Waals surface area contributed by atoms with E-state index < -0.39 is 5.60 Å². The van der Waals surface area contributed by atoms with Crippen molar-refractivity contribution >= 4 is 0 Å². The van der Waals surface area contributed by atoms with Crippen molar-refractivity contribution in [2.24, 2.45) is 0 Å². The van der Waals surface area contributed by atoms with Crippen molar-refractivity contribution in [3.63, 3.8) is 0 Å². The predicted octanol–water partition coefficient (Wildman–Crippen LogP) is 1.13.